The molecule has 2 aliphatic heterocycles. The molecular formula is C35H39N3O4. The van der Waals surface area contributed by atoms with Crippen molar-refractivity contribution in [2.24, 2.45) is 0 Å². The smallest absolute Gasteiger partial charge is 0.417 e. The fourth-order valence-corrected chi connectivity index (χ4v) is 6.27. The molecular weight excluding hydrogens is 526 g/mol. The Labute approximate surface area is 247 Å². The summed E-state index contributed by atoms with van der Waals surface area (Å²) in [5, 5.41) is 6.15. The first-order valence-corrected chi connectivity index (χ1v) is 15.3. The number of piperidine rings is 1. The van der Waals surface area contributed by atoms with Crippen LogP contribution in [0.25, 0.3) is 0 Å². The van der Waals surface area contributed by atoms with Gasteiger partial charge in [0.25, 0.3) is 0 Å². The van der Waals surface area contributed by atoms with Gasteiger partial charge in [-0.3, -0.25) is 15.0 Å². The molecule has 218 valence electrons. The van der Waals surface area contributed by atoms with Gasteiger partial charge in [0.05, 0.1) is 5.92 Å². The highest BCUT2D eigenvalue weighted by Gasteiger charge is 2.34. The first kappa shape index (κ1) is 28.0. The molecule has 0 radical (unpaired) electrons. The number of nitrogens with zero attached hydrogens (tertiary/aromatic N) is 1. The molecule has 7 heteroatoms. The van der Waals surface area contributed by atoms with Gasteiger partial charge in [0.1, 0.15) is 17.2 Å². The highest BCUT2D eigenvalue weighted by atomic mass is 16.6. The SMILES string of the molecule is O=C(Nc1ccc2c(c1)C(C(=O)NC1CCN(C/C3=C/CCCCCC3)CC1)c1ccccc1O2)Oc1ccccc1. The molecule has 1 saturated heterocycles. The number of fused-ring (bicyclic) bond motifs is 2. The van der Waals surface area contributed by atoms with Crippen molar-refractivity contribution in [3.8, 4) is 17.2 Å². The Morgan fingerprint density at radius 1 is 0.857 bits per heavy atom. The van der Waals surface area contributed by atoms with E-state index in [9.17, 15) is 9.59 Å². The van der Waals surface area contributed by atoms with Gasteiger partial charge in [-0.05, 0) is 74.9 Å². The molecule has 3 aromatic carbocycles. The second-order valence-electron chi connectivity index (χ2n) is 11.5. The summed E-state index contributed by atoms with van der Waals surface area (Å²) < 4.78 is 11.6. The standard InChI is InChI=1S/C35H39N3O4/c39-34(36-26-19-21-38(22-20-26)24-25-11-5-2-1-3-6-12-25)33-29-15-9-10-16-31(29)42-32-18-17-27(23-30(32)33)37-35(40)41-28-13-7-4-8-14-28/h4,7-11,13-18,23,26,33H,1-3,5-6,12,19-22,24H2,(H,36,39)(H,37,40)/b25-11+. The van der Waals surface area contributed by atoms with Crippen LogP contribution in [0.2, 0.25) is 0 Å². The van der Waals surface area contributed by atoms with E-state index in [1.165, 1.54) is 38.5 Å². The topological polar surface area (TPSA) is 79.9 Å². The summed E-state index contributed by atoms with van der Waals surface area (Å²) in [4.78, 5) is 29.0. The van der Waals surface area contributed by atoms with E-state index >= 15 is 0 Å². The van der Waals surface area contributed by atoms with Gasteiger partial charge in [-0.15, -0.1) is 0 Å². The predicted molar refractivity (Wildman–Crippen MR) is 164 cm³/mol. The Morgan fingerprint density at radius 3 is 2.48 bits per heavy atom. The summed E-state index contributed by atoms with van der Waals surface area (Å²) in [5.74, 6) is 1.15. The number of carbonyl (C=O) groups excluding carboxylic acids is 2. The van der Waals surface area contributed by atoms with Crippen molar-refractivity contribution >= 4 is 17.7 Å². The summed E-state index contributed by atoms with van der Waals surface area (Å²) >= 11 is 0. The van der Waals surface area contributed by atoms with Gasteiger partial charge in [-0.1, -0.05) is 60.9 Å². The summed E-state index contributed by atoms with van der Waals surface area (Å²) in [6, 6.07) is 22.1. The van der Waals surface area contributed by atoms with E-state index in [4.69, 9.17) is 9.47 Å². The number of ether oxygens (including phenoxy) is 2. The van der Waals surface area contributed by atoms with Crippen molar-refractivity contribution in [3.05, 3.63) is 95.6 Å². The second kappa shape index (κ2) is 13.3. The maximum atomic E-state index is 13.9. The van der Waals surface area contributed by atoms with Crippen LogP contribution in [0.4, 0.5) is 10.5 Å². The largest absolute Gasteiger partial charge is 0.457 e. The van der Waals surface area contributed by atoms with Gasteiger partial charge >= 0.3 is 6.09 Å². The molecule has 7 nitrogen and oxygen atoms in total. The highest BCUT2D eigenvalue weighted by Crippen LogP contribution is 2.45. The predicted octanol–water partition coefficient (Wildman–Crippen LogP) is 7.40. The molecule has 3 aromatic rings. The number of nitrogens with one attached hydrogen (secondary N) is 2. The zero-order valence-electron chi connectivity index (χ0n) is 24.0. The van der Waals surface area contributed by atoms with Gasteiger partial charge in [-0.25, -0.2) is 4.79 Å². The number of hydrogen-bond donors (Lipinski definition) is 2. The molecule has 0 saturated carbocycles. The minimum absolute atomic E-state index is 0.0443. The number of benzene rings is 3. The molecule has 2 heterocycles. The molecule has 1 aliphatic carbocycles. The van der Waals surface area contributed by atoms with Gasteiger partial charge < -0.3 is 14.8 Å². The molecule has 1 fully saturated rings. The van der Waals surface area contributed by atoms with Crippen LogP contribution in [-0.2, 0) is 4.79 Å². The van der Waals surface area contributed by atoms with Crippen molar-refractivity contribution < 1.29 is 19.1 Å². The number of allylic oxidation sites excluding steroid dienone is 1. The molecule has 1 atom stereocenters. The van der Waals surface area contributed by atoms with Crippen LogP contribution >= 0.6 is 0 Å². The fraction of sp³-hybridized carbons (Fsp3) is 0.371. The Hall–Kier alpha value is -4.10. The minimum atomic E-state index is -0.596. The highest BCUT2D eigenvalue weighted by molar-refractivity contribution is 5.91. The van der Waals surface area contributed by atoms with E-state index in [-0.39, 0.29) is 11.9 Å². The zero-order valence-corrected chi connectivity index (χ0v) is 24.0. The van der Waals surface area contributed by atoms with E-state index in [0.29, 0.717) is 22.9 Å². The lowest BCUT2D eigenvalue weighted by Gasteiger charge is -2.34. The van der Waals surface area contributed by atoms with E-state index in [1.54, 1.807) is 42.0 Å². The van der Waals surface area contributed by atoms with Crippen molar-refractivity contribution in [2.75, 3.05) is 25.0 Å². The zero-order chi connectivity index (χ0) is 28.7. The molecule has 1 unspecified atom stereocenters. The van der Waals surface area contributed by atoms with Crippen LogP contribution in [0.1, 0.15) is 68.4 Å². The van der Waals surface area contributed by atoms with Crippen molar-refractivity contribution in [2.45, 2.75) is 63.3 Å². The third kappa shape index (κ3) is 6.85. The monoisotopic (exact) mass is 565 g/mol. The Bertz CT molecular complexity index is 1430. The lowest BCUT2D eigenvalue weighted by molar-refractivity contribution is -0.122. The summed E-state index contributed by atoms with van der Waals surface area (Å²) in [6.45, 7) is 3.03. The second-order valence-corrected chi connectivity index (χ2v) is 11.5. The molecule has 42 heavy (non-hydrogen) atoms. The van der Waals surface area contributed by atoms with Crippen LogP contribution in [0, 0.1) is 0 Å². The number of para-hydroxylation sites is 2. The van der Waals surface area contributed by atoms with Crippen LogP contribution < -0.4 is 20.1 Å². The molecule has 2 N–H and O–H groups in total. The Kier molecular flexibility index (Phi) is 8.85. The van der Waals surface area contributed by atoms with Crippen LogP contribution in [0.15, 0.2) is 84.4 Å². The maximum Gasteiger partial charge on any atom is 0.417 e. The average Bonchev–Trinajstić information content (AvgIpc) is 2.98. The number of carbonyl (C=O) groups is 2. The van der Waals surface area contributed by atoms with Gasteiger partial charge in [0, 0.05) is 42.5 Å². The first-order valence-electron chi connectivity index (χ1n) is 15.3. The number of hydrogen-bond acceptors (Lipinski definition) is 5. The Morgan fingerprint density at radius 2 is 1.62 bits per heavy atom. The number of anilines is 1. The number of rotatable bonds is 6. The Balaban J connectivity index is 1.13. The summed E-state index contributed by atoms with van der Waals surface area (Å²) in [6.07, 6.45) is 11.5. The molecule has 0 aromatic heterocycles. The molecule has 2 amide bonds. The average molecular weight is 566 g/mol. The van der Waals surface area contributed by atoms with Crippen molar-refractivity contribution in [3.63, 3.8) is 0 Å². The van der Waals surface area contributed by atoms with E-state index in [0.717, 1.165) is 43.6 Å². The lowest BCUT2D eigenvalue weighted by atomic mass is 9.86. The number of likely N-dealkylation sites (tertiary alicyclic amines) is 1. The van der Waals surface area contributed by atoms with E-state index in [1.807, 2.05) is 36.4 Å². The van der Waals surface area contributed by atoms with E-state index < -0.39 is 12.0 Å². The summed E-state index contributed by atoms with van der Waals surface area (Å²) in [5.41, 5.74) is 3.66. The summed E-state index contributed by atoms with van der Waals surface area (Å²) in [7, 11) is 0. The fourth-order valence-electron chi connectivity index (χ4n) is 6.27. The maximum absolute atomic E-state index is 13.9. The van der Waals surface area contributed by atoms with Crippen molar-refractivity contribution in [1.29, 1.82) is 0 Å². The van der Waals surface area contributed by atoms with Gasteiger partial charge in [0.2, 0.25) is 5.91 Å². The van der Waals surface area contributed by atoms with Crippen LogP contribution in [0.5, 0.6) is 17.2 Å². The van der Waals surface area contributed by atoms with Gasteiger partial charge in [-0.2, -0.15) is 0 Å². The van der Waals surface area contributed by atoms with Gasteiger partial charge in [0.15, 0.2) is 0 Å². The minimum Gasteiger partial charge on any atom is -0.457 e. The molecule has 6 rings (SSSR count). The normalized spacial score (nSPS) is 20.4. The third-order valence-electron chi connectivity index (χ3n) is 8.48. The lowest BCUT2D eigenvalue weighted by Crippen LogP contribution is -2.46. The first-order chi connectivity index (χ1) is 20.6. The van der Waals surface area contributed by atoms with E-state index in [2.05, 4.69) is 21.6 Å². The third-order valence-corrected chi connectivity index (χ3v) is 8.48. The van der Waals surface area contributed by atoms with Crippen molar-refractivity contribution in [1.82, 2.24) is 10.2 Å². The molecule has 3 aliphatic rings. The van der Waals surface area contributed by atoms with Crippen LogP contribution in [-0.4, -0.2) is 42.6 Å². The number of amides is 2. The quantitative estimate of drug-likeness (QED) is 0.305. The molecule has 0 bridgehead atoms. The van der Waals surface area contributed by atoms with Crippen LogP contribution in [0.3, 0.4) is 0 Å². The molecule has 0 spiro atoms.